The molecule has 0 bridgehead atoms. The SMILES string of the molecule is N=C(N)c1ccc(C(F)(F)F)nc1Sc1ccccc1Cl. The van der Waals surface area contributed by atoms with Crippen LogP contribution in [0.15, 0.2) is 46.3 Å². The number of hydrogen-bond donors (Lipinski definition) is 2. The zero-order chi connectivity index (χ0) is 15.6. The average Bonchev–Trinajstić information content (AvgIpc) is 2.40. The van der Waals surface area contributed by atoms with Crippen molar-refractivity contribution < 1.29 is 13.2 Å². The molecule has 0 radical (unpaired) electrons. The average molecular weight is 332 g/mol. The van der Waals surface area contributed by atoms with Crippen molar-refractivity contribution in [2.45, 2.75) is 16.1 Å². The van der Waals surface area contributed by atoms with Gasteiger partial charge in [-0.1, -0.05) is 35.5 Å². The summed E-state index contributed by atoms with van der Waals surface area (Å²) in [4.78, 5) is 4.10. The highest BCUT2D eigenvalue weighted by Crippen LogP contribution is 2.36. The molecule has 3 N–H and O–H groups in total. The Hall–Kier alpha value is -1.73. The van der Waals surface area contributed by atoms with Crippen LogP contribution in [0.1, 0.15) is 11.3 Å². The van der Waals surface area contributed by atoms with Crippen LogP contribution in [0.4, 0.5) is 13.2 Å². The minimum absolute atomic E-state index is 0.00887. The van der Waals surface area contributed by atoms with Crippen molar-refractivity contribution in [2.24, 2.45) is 5.73 Å². The predicted molar refractivity (Wildman–Crippen MR) is 75.8 cm³/mol. The first kappa shape index (κ1) is 15.7. The molecule has 0 amide bonds. The highest BCUT2D eigenvalue weighted by Gasteiger charge is 2.33. The topological polar surface area (TPSA) is 62.8 Å². The van der Waals surface area contributed by atoms with E-state index in [4.69, 9.17) is 22.7 Å². The number of alkyl halides is 3. The summed E-state index contributed by atoms with van der Waals surface area (Å²) in [6.07, 6.45) is -4.56. The van der Waals surface area contributed by atoms with Crippen molar-refractivity contribution in [3.8, 4) is 0 Å². The number of amidine groups is 1. The Labute approximate surface area is 127 Å². The number of nitrogens with two attached hydrogens (primary N) is 1. The lowest BCUT2D eigenvalue weighted by Gasteiger charge is -2.12. The summed E-state index contributed by atoms with van der Waals surface area (Å²) in [6.45, 7) is 0. The van der Waals surface area contributed by atoms with Gasteiger partial charge in [-0.15, -0.1) is 0 Å². The summed E-state index contributed by atoms with van der Waals surface area (Å²) >= 11 is 6.92. The molecule has 1 heterocycles. The first-order valence-electron chi connectivity index (χ1n) is 5.64. The Morgan fingerprint density at radius 1 is 1.19 bits per heavy atom. The summed E-state index contributed by atoms with van der Waals surface area (Å²) in [7, 11) is 0. The fourth-order valence-corrected chi connectivity index (χ4v) is 2.72. The van der Waals surface area contributed by atoms with E-state index in [2.05, 4.69) is 4.98 Å². The van der Waals surface area contributed by atoms with E-state index in [1.165, 1.54) is 0 Å². The third-order valence-corrected chi connectivity index (χ3v) is 4.01. The van der Waals surface area contributed by atoms with Crippen molar-refractivity contribution >= 4 is 29.2 Å². The van der Waals surface area contributed by atoms with E-state index >= 15 is 0 Å². The van der Waals surface area contributed by atoms with Gasteiger partial charge < -0.3 is 5.73 Å². The Bertz CT molecular complexity index is 689. The van der Waals surface area contributed by atoms with Crippen molar-refractivity contribution in [1.29, 1.82) is 5.41 Å². The van der Waals surface area contributed by atoms with Gasteiger partial charge in [0.05, 0.1) is 5.02 Å². The summed E-state index contributed by atoms with van der Waals surface area (Å²) in [5.74, 6) is -0.356. The second-order valence-electron chi connectivity index (χ2n) is 3.99. The monoisotopic (exact) mass is 331 g/mol. The zero-order valence-corrected chi connectivity index (χ0v) is 12.0. The molecule has 1 aromatic heterocycles. The summed E-state index contributed by atoms with van der Waals surface area (Å²) < 4.78 is 38.2. The Morgan fingerprint density at radius 3 is 2.43 bits per heavy atom. The fourth-order valence-electron chi connectivity index (χ4n) is 1.51. The molecule has 2 aromatic rings. The number of nitrogens with one attached hydrogen (secondary N) is 1. The lowest BCUT2D eigenvalue weighted by atomic mass is 10.2. The molecule has 0 saturated heterocycles. The van der Waals surface area contributed by atoms with E-state index in [1.807, 2.05) is 0 Å². The molecule has 0 aliphatic rings. The minimum atomic E-state index is -4.56. The third-order valence-electron chi connectivity index (χ3n) is 2.48. The predicted octanol–water partition coefficient (Wildman–Crippen LogP) is 4.19. The first-order valence-corrected chi connectivity index (χ1v) is 6.83. The molecule has 1 aromatic carbocycles. The largest absolute Gasteiger partial charge is 0.433 e. The van der Waals surface area contributed by atoms with E-state index in [0.717, 1.165) is 23.9 Å². The molecule has 0 fully saturated rings. The van der Waals surface area contributed by atoms with Crippen LogP contribution < -0.4 is 5.73 Å². The molecule has 0 spiro atoms. The Kier molecular flexibility index (Phi) is 4.43. The number of rotatable bonds is 3. The number of benzene rings is 1. The molecule has 0 saturated carbocycles. The zero-order valence-electron chi connectivity index (χ0n) is 10.4. The van der Waals surface area contributed by atoms with Crippen LogP contribution in [0.2, 0.25) is 5.02 Å². The van der Waals surface area contributed by atoms with Gasteiger partial charge in [-0.3, -0.25) is 5.41 Å². The van der Waals surface area contributed by atoms with E-state index in [-0.39, 0.29) is 16.4 Å². The third kappa shape index (κ3) is 3.68. The maximum Gasteiger partial charge on any atom is 0.433 e. The quantitative estimate of drug-likeness (QED) is 0.655. The van der Waals surface area contributed by atoms with Gasteiger partial charge in [0.15, 0.2) is 0 Å². The van der Waals surface area contributed by atoms with Gasteiger partial charge in [0.25, 0.3) is 0 Å². The molecular weight excluding hydrogens is 323 g/mol. The van der Waals surface area contributed by atoms with Gasteiger partial charge in [0.1, 0.15) is 16.6 Å². The van der Waals surface area contributed by atoms with Crippen LogP contribution in [0.25, 0.3) is 0 Å². The van der Waals surface area contributed by atoms with Crippen molar-refractivity contribution in [3.63, 3.8) is 0 Å². The first-order chi connectivity index (χ1) is 9.79. The summed E-state index contributed by atoms with van der Waals surface area (Å²) in [6, 6.07) is 8.61. The van der Waals surface area contributed by atoms with Crippen LogP contribution in [-0.4, -0.2) is 10.8 Å². The molecule has 0 atom stereocenters. The van der Waals surface area contributed by atoms with E-state index in [0.29, 0.717) is 9.92 Å². The van der Waals surface area contributed by atoms with Gasteiger partial charge in [0.2, 0.25) is 0 Å². The minimum Gasteiger partial charge on any atom is -0.384 e. The van der Waals surface area contributed by atoms with Crippen LogP contribution >= 0.6 is 23.4 Å². The number of aromatic nitrogens is 1. The van der Waals surface area contributed by atoms with E-state index in [1.54, 1.807) is 24.3 Å². The van der Waals surface area contributed by atoms with Crippen molar-refractivity contribution in [3.05, 3.63) is 52.7 Å². The van der Waals surface area contributed by atoms with Gasteiger partial charge >= 0.3 is 6.18 Å². The second-order valence-corrected chi connectivity index (χ2v) is 5.43. The molecule has 0 aliphatic heterocycles. The molecule has 21 heavy (non-hydrogen) atoms. The Balaban J connectivity index is 2.49. The van der Waals surface area contributed by atoms with Gasteiger partial charge in [-0.05, 0) is 24.3 Å². The van der Waals surface area contributed by atoms with Gasteiger partial charge in [0, 0.05) is 10.5 Å². The number of nitrogen functional groups attached to an aromatic ring is 1. The standard InChI is InChI=1S/C13H9ClF3N3S/c14-8-3-1-2-4-9(8)21-12-7(11(18)19)5-6-10(20-12)13(15,16)17/h1-6H,(H3,18,19). The molecule has 0 aliphatic carbocycles. The lowest BCUT2D eigenvalue weighted by Crippen LogP contribution is -2.16. The van der Waals surface area contributed by atoms with Crippen LogP contribution in [-0.2, 0) is 6.18 Å². The molecular formula is C13H9ClF3N3S. The van der Waals surface area contributed by atoms with Gasteiger partial charge in [-0.25, -0.2) is 4.98 Å². The maximum absolute atomic E-state index is 12.7. The molecule has 0 unspecified atom stereocenters. The van der Waals surface area contributed by atoms with Crippen LogP contribution in [0.5, 0.6) is 0 Å². The normalized spacial score (nSPS) is 11.4. The fraction of sp³-hybridized carbons (Fsp3) is 0.0769. The summed E-state index contributed by atoms with van der Waals surface area (Å²) in [5.41, 5.74) is 4.47. The number of nitrogens with zero attached hydrogens (tertiary/aromatic N) is 1. The van der Waals surface area contributed by atoms with Crippen LogP contribution in [0, 0.1) is 5.41 Å². The van der Waals surface area contributed by atoms with Crippen molar-refractivity contribution in [1.82, 2.24) is 4.98 Å². The number of hydrogen-bond acceptors (Lipinski definition) is 3. The molecule has 2 rings (SSSR count). The number of pyridine rings is 1. The van der Waals surface area contributed by atoms with Crippen molar-refractivity contribution in [2.75, 3.05) is 0 Å². The highest BCUT2D eigenvalue weighted by atomic mass is 35.5. The Morgan fingerprint density at radius 2 is 1.86 bits per heavy atom. The smallest absolute Gasteiger partial charge is 0.384 e. The second kappa shape index (κ2) is 5.95. The number of halogens is 4. The molecule has 110 valence electrons. The summed E-state index contributed by atoms with van der Waals surface area (Å²) in [5, 5.41) is 7.81. The molecule has 8 heteroatoms. The van der Waals surface area contributed by atoms with Crippen LogP contribution in [0.3, 0.4) is 0 Å². The van der Waals surface area contributed by atoms with E-state index in [9.17, 15) is 13.2 Å². The maximum atomic E-state index is 12.7. The lowest BCUT2D eigenvalue weighted by molar-refractivity contribution is -0.141. The van der Waals surface area contributed by atoms with Gasteiger partial charge in [-0.2, -0.15) is 13.2 Å². The molecule has 3 nitrogen and oxygen atoms in total. The van der Waals surface area contributed by atoms with E-state index < -0.39 is 11.9 Å². The highest BCUT2D eigenvalue weighted by molar-refractivity contribution is 7.99.